The van der Waals surface area contributed by atoms with E-state index >= 15 is 0 Å². The van der Waals surface area contributed by atoms with E-state index in [1.54, 1.807) is 0 Å². The molecule has 94 valence electrons. The molecule has 0 radical (unpaired) electrons. The third-order valence-electron chi connectivity index (χ3n) is 2.12. The summed E-state index contributed by atoms with van der Waals surface area (Å²) >= 11 is 0. The Hall–Kier alpha value is -2.12. The minimum atomic E-state index is -0.977. The molecule has 0 aliphatic rings. The number of rotatable bonds is 6. The first-order valence-electron chi connectivity index (χ1n) is 5.15. The summed E-state index contributed by atoms with van der Waals surface area (Å²) in [5.41, 5.74) is 5.22. The van der Waals surface area contributed by atoms with Crippen LogP contribution in [0.25, 0.3) is 0 Å². The van der Waals surface area contributed by atoms with Gasteiger partial charge in [0.2, 0.25) is 11.5 Å². The van der Waals surface area contributed by atoms with Crippen molar-refractivity contribution in [3.8, 4) is 0 Å². The number of nitrogens with two attached hydrogens (primary N) is 1. The van der Waals surface area contributed by atoms with E-state index in [4.69, 9.17) is 10.8 Å². The Kier molecular flexibility index (Phi) is 4.44. The van der Waals surface area contributed by atoms with E-state index in [2.05, 4.69) is 20.3 Å². The maximum atomic E-state index is 11.6. The summed E-state index contributed by atoms with van der Waals surface area (Å²) in [5.74, 6) is -1.67. The highest BCUT2D eigenvalue weighted by Crippen LogP contribution is 2.07. The van der Waals surface area contributed by atoms with E-state index in [0.29, 0.717) is 6.42 Å². The number of anilines is 1. The molecule has 0 spiro atoms. The van der Waals surface area contributed by atoms with Crippen LogP contribution in [0.1, 0.15) is 36.7 Å². The number of aliphatic carboxylic acids is 1. The molecule has 1 aromatic rings. The predicted molar refractivity (Wildman–Crippen MR) is 57.1 cm³/mol. The van der Waals surface area contributed by atoms with E-state index in [1.807, 2.05) is 6.92 Å². The van der Waals surface area contributed by atoms with Gasteiger partial charge in [-0.1, -0.05) is 13.3 Å². The number of nitrogens with zero attached hydrogens (tertiary/aromatic N) is 2. The van der Waals surface area contributed by atoms with Gasteiger partial charge < -0.3 is 16.2 Å². The van der Waals surface area contributed by atoms with Crippen LogP contribution < -0.4 is 11.1 Å². The molecule has 17 heavy (non-hydrogen) atoms. The summed E-state index contributed by atoms with van der Waals surface area (Å²) in [6, 6.07) is -0.457. The SMILES string of the molecule is CCCC(CC(=O)O)NC(=O)c1nonc1N. The first kappa shape index (κ1) is 12.9. The van der Waals surface area contributed by atoms with Crippen LogP contribution in [0.4, 0.5) is 5.82 Å². The molecule has 0 aliphatic carbocycles. The van der Waals surface area contributed by atoms with Crippen molar-refractivity contribution in [1.82, 2.24) is 15.6 Å². The molecule has 0 saturated heterocycles. The molecule has 0 fully saturated rings. The van der Waals surface area contributed by atoms with Crippen LogP contribution in [0, 0.1) is 0 Å². The molecule has 1 amide bonds. The molecule has 0 aromatic carbocycles. The van der Waals surface area contributed by atoms with E-state index in [1.165, 1.54) is 0 Å². The summed E-state index contributed by atoms with van der Waals surface area (Å²) in [7, 11) is 0. The maximum Gasteiger partial charge on any atom is 0.305 e. The van der Waals surface area contributed by atoms with Crippen molar-refractivity contribution in [3.63, 3.8) is 0 Å². The zero-order valence-electron chi connectivity index (χ0n) is 9.34. The molecule has 1 unspecified atom stereocenters. The van der Waals surface area contributed by atoms with Crippen LogP contribution >= 0.6 is 0 Å². The number of carboxylic acid groups (broad SMARTS) is 1. The molecule has 1 atom stereocenters. The van der Waals surface area contributed by atoms with Gasteiger partial charge in [-0.3, -0.25) is 9.59 Å². The third kappa shape index (κ3) is 3.74. The van der Waals surface area contributed by atoms with Crippen molar-refractivity contribution in [2.45, 2.75) is 32.2 Å². The van der Waals surface area contributed by atoms with Crippen LogP contribution in [0.2, 0.25) is 0 Å². The summed E-state index contributed by atoms with van der Waals surface area (Å²) in [6.45, 7) is 1.90. The van der Waals surface area contributed by atoms with Crippen molar-refractivity contribution in [3.05, 3.63) is 5.69 Å². The summed E-state index contributed by atoms with van der Waals surface area (Å²) in [6.07, 6.45) is 1.17. The Bertz CT molecular complexity index is 403. The normalized spacial score (nSPS) is 12.1. The van der Waals surface area contributed by atoms with Crippen molar-refractivity contribution in [1.29, 1.82) is 0 Å². The number of hydrogen-bond acceptors (Lipinski definition) is 6. The Morgan fingerprint density at radius 2 is 2.24 bits per heavy atom. The molecule has 8 heteroatoms. The summed E-state index contributed by atoms with van der Waals surface area (Å²) in [5, 5.41) is 17.8. The van der Waals surface area contributed by atoms with Crippen LogP contribution in [0.15, 0.2) is 4.63 Å². The lowest BCUT2D eigenvalue weighted by Crippen LogP contribution is -2.36. The number of nitrogen functional groups attached to an aromatic ring is 1. The maximum absolute atomic E-state index is 11.6. The molecule has 0 saturated carbocycles. The second-order valence-corrected chi connectivity index (χ2v) is 3.55. The Labute approximate surface area is 97.1 Å². The minimum absolute atomic E-state index is 0.118. The van der Waals surface area contributed by atoms with E-state index in [9.17, 15) is 9.59 Å². The predicted octanol–water partition coefficient (Wildman–Crippen LogP) is 0.0250. The molecule has 8 nitrogen and oxygen atoms in total. The van der Waals surface area contributed by atoms with Crippen LogP contribution in [0.3, 0.4) is 0 Å². The topological polar surface area (TPSA) is 131 Å². The second-order valence-electron chi connectivity index (χ2n) is 3.55. The number of amides is 1. The highest BCUT2D eigenvalue weighted by Gasteiger charge is 2.20. The Balaban J connectivity index is 2.64. The van der Waals surface area contributed by atoms with Gasteiger partial charge in [0.05, 0.1) is 6.42 Å². The Morgan fingerprint density at radius 1 is 1.53 bits per heavy atom. The largest absolute Gasteiger partial charge is 0.481 e. The number of nitrogens with one attached hydrogen (secondary N) is 1. The third-order valence-corrected chi connectivity index (χ3v) is 2.12. The molecule has 1 aromatic heterocycles. The van der Waals surface area contributed by atoms with Crippen molar-refractivity contribution >= 4 is 17.7 Å². The molecule has 0 bridgehead atoms. The molecule has 0 aliphatic heterocycles. The average molecular weight is 242 g/mol. The number of hydrogen-bond donors (Lipinski definition) is 3. The zero-order chi connectivity index (χ0) is 12.8. The van der Waals surface area contributed by atoms with Gasteiger partial charge in [0, 0.05) is 6.04 Å². The standard InChI is InChI=1S/C9H14N4O4/c1-2-3-5(4-6(14)15)11-9(16)7-8(10)13-17-12-7/h5H,2-4H2,1H3,(H2,10,13)(H,11,16)(H,14,15). The van der Waals surface area contributed by atoms with Gasteiger partial charge in [0.25, 0.3) is 5.91 Å². The highest BCUT2D eigenvalue weighted by atomic mass is 16.6. The van der Waals surface area contributed by atoms with Gasteiger partial charge in [-0.2, -0.15) is 0 Å². The zero-order valence-corrected chi connectivity index (χ0v) is 9.34. The molecule has 1 heterocycles. The van der Waals surface area contributed by atoms with Gasteiger partial charge in [-0.15, -0.1) is 0 Å². The molecule has 4 N–H and O–H groups in total. The quantitative estimate of drug-likeness (QED) is 0.640. The first-order chi connectivity index (χ1) is 8.04. The van der Waals surface area contributed by atoms with Crippen molar-refractivity contribution in [2.75, 3.05) is 5.73 Å². The lowest BCUT2D eigenvalue weighted by molar-refractivity contribution is -0.137. The molecule has 1 rings (SSSR count). The van der Waals surface area contributed by atoms with E-state index < -0.39 is 17.9 Å². The first-order valence-corrected chi connectivity index (χ1v) is 5.15. The lowest BCUT2D eigenvalue weighted by Gasteiger charge is -2.14. The minimum Gasteiger partial charge on any atom is -0.481 e. The Morgan fingerprint density at radius 3 is 2.71 bits per heavy atom. The highest BCUT2D eigenvalue weighted by molar-refractivity contribution is 5.96. The van der Waals surface area contributed by atoms with Gasteiger partial charge in [-0.25, -0.2) is 4.63 Å². The van der Waals surface area contributed by atoms with Gasteiger partial charge in [-0.05, 0) is 16.7 Å². The van der Waals surface area contributed by atoms with Gasteiger partial charge >= 0.3 is 5.97 Å². The van der Waals surface area contributed by atoms with E-state index in [0.717, 1.165) is 6.42 Å². The monoisotopic (exact) mass is 242 g/mol. The number of carbonyl (C=O) groups is 2. The fourth-order valence-corrected chi connectivity index (χ4v) is 1.39. The van der Waals surface area contributed by atoms with Crippen molar-refractivity contribution < 1.29 is 19.3 Å². The summed E-state index contributed by atoms with van der Waals surface area (Å²) < 4.78 is 4.29. The smallest absolute Gasteiger partial charge is 0.305 e. The van der Waals surface area contributed by atoms with Crippen LogP contribution in [-0.2, 0) is 4.79 Å². The van der Waals surface area contributed by atoms with Gasteiger partial charge in [0.15, 0.2) is 0 Å². The van der Waals surface area contributed by atoms with Gasteiger partial charge in [0.1, 0.15) is 0 Å². The van der Waals surface area contributed by atoms with Crippen LogP contribution in [0.5, 0.6) is 0 Å². The number of carboxylic acids is 1. The number of carbonyl (C=O) groups excluding carboxylic acids is 1. The summed E-state index contributed by atoms with van der Waals surface area (Å²) in [4.78, 5) is 22.2. The second kappa shape index (κ2) is 5.83. The molecular weight excluding hydrogens is 228 g/mol. The fraction of sp³-hybridized carbons (Fsp3) is 0.556. The molecular formula is C9H14N4O4. The van der Waals surface area contributed by atoms with Crippen LogP contribution in [-0.4, -0.2) is 33.3 Å². The lowest BCUT2D eigenvalue weighted by atomic mass is 10.1. The van der Waals surface area contributed by atoms with E-state index in [-0.39, 0.29) is 17.9 Å². The number of aromatic nitrogens is 2. The van der Waals surface area contributed by atoms with Crippen molar-refractivity contribution in [2.24, 2.45) is 0 Å². The average Bonchev–Trinajstić information content (AvgIpc) is 2.63. The fourth-order valence-electron chi connectivity index (χ4n) is 1.39.